The Labute approximate surface area is 151 Å². The molecule has 0 radical (unpaired) electrons. The summed E-state index contributed by atoms with van der Waals surface area (Å²) >= 11 is 3.08. The zero-order valence-electron chi connectivity index (χ0n) is 13.6. The number of hydrogen-bond donors (Lipinski definition) is 1. The van der Waals surface area contributed by atoms with Gasteiger partial charge in [-0.25, -0.2) is 19.7 Å². The molecule has 4 rings (SSSR count). The average Bonchev–Trinajstić information content (AvgIpc) is 3.32. The lowest BCUT2D eigenvalue weighted by molar-refractivity contribution is 0.0513. The van der Waals surface area contributed by atoms with E-state index in [0.717, 1.165) is 32.2 Å². The van der Waals surface area contributed by atoms with Gasteiger partial charge >= 0.3 is 5.97 Å². The van der Waals surface area contributed by atoms with E-state index >= 15 is 0 Å². The summed E-state index contributed by atoms with van der Waals surface area (Å²) in [6, 6.07) is 5.94. The van der Waals surface area contributed by atoms with E-state index in [9.17, 15) is 4.79 Å². The van der Waals surface area contributed by atoms with Gasteiger partial charge in [0.25, 0.3) is 0 Å². The number of fused-ring (bicyclic) bond motifs is 1. The standard InChI is InChI=1S/C17H14N4O2S2/c1-3-23-17(22)15-20-13(14(21-15)16-19-9(2)7-24-16)10-4-5-11-12(6-10)25-8-18-11/h4-8H,3H2,1-2H3,(H,20,21). The molecule has 0 saturated carbocycles. The van der Waals surface area contributed by atoms with Crippen molar-refractivity contribution in [2.45, 2.75) is 13.8 Å². The molecule has 3 heterocycles. The summed E-state index contributed by atoms with van der Waals surface area (Å²) in [5, 5.41) is 2.76. The number of thiazole rings is 2. The molecule has 0 saturated heterocycles. The van der Waals surface area contributed by atoms with Crippen LogP contribution in [-0.2, 0) is 4.74 Å². The highest BCUT2D eigenvalue weighted by atomic mass is 32.1. The highest BCUT2D eigenvalue weighted by molar-refractivity contribution is 7.16. The number of nitrogens with one attached hydrogen (secondary N) is 1. The second-order valence-corrected chi connectivity index (χ2v) is 7.10. The minimum Gasteiger partial charge on any atom is -0.460 e. The SMILES string of the molecule is CCOC(=O)c1nc(-c2ccc3ncsc3c2)c(-c2nc(C)cs2)[nH]1. The molecule has 25 heavy (non-hydrogen) atoms. The average molecular weight is 370 g/mol. The number of aromatic nitrogens is 4. The van der Waals surface area contributed by atoms with Crippen molar-refractivity contribution in [2.75, 3.05) is 6.61 Å². The molecule has 8 heteroatoms. The first-order chi connectivity index (χ1) is 12.2. The van der Waals surface area contributed by atoms with Crippen LogP contribution in [0.2, 0.25) is 0 Å². The van der Waals surface area contributed by atoms with Crippen molar-refractivity contribution in [3.05, 3.63) is 40.6 Å². The molecular formula is C17H14N4O2S2. The lowest BCUT2D eigenvalue weighted by atomic mass is 10.1. The number of H-pyrrole nitrogens is 1. The number of aromatic amines is 1. The van der Waals surface area contributed by atoms with Gasteiger partial charge in [-0.05, 0) is 26.0 Å². The maximum atomic E-state index is 12.1. The molecule has 0 fully saturated rings. The van der Waals surface area contributed by atoms with Crippen molar-refractivity contribution in [2.24, 2.45) is 0 Å². The molecule has 0 bridgehead atoms. The molecule has 3 aromatic heterocycles. The second kappa shape index (κ2) is 6.38. The normalized spacial score (nSPS) is 11.1. The van der Waals surface area contributed by atoms with Crippen molar-refractivity contribution in [3.8, 4) is 22.0 Å². The van der Waals surface area contributed by atoms with Crippen LogP contribution >= 0.6 is 22.7 Å². The Morgan fingerprint density at radius 3 is 2.92 bits per heavy atom. The van der Waals surface area contributed by atoms with Gasteiger partial charge in [0, 0.05) is 16.6 Å². The molecule has 6 nitrogen and oxygen atoms in total. The molecular weight excluding hydrogens is 356 g/mol. The Morgan fingerprint density at radius 2 is 2.16 bits per heavy atom. The minimum atomic E-state index is -0.470. The number of imidazole rings is 1. The lowest BCUT2D eigenvalue weighted by Crippen LogP contribution is -2.06. The van der Waals surface area contributed by atoms with Gasteiger partial charge < -0.3 is 9.72 Å². The second-order valence-electron chi connectivity index (χ2n) is 5.36. The predicted octanol–water partition coefficient (Wildman–Crippen LogP) is 4.30. The molecule has 126 valence electrons. The molecule has 1 N–H and O–H groups in total. The van der Waals surface area contributed by atoms with Gasteiger partial charge in [0.2, 0.25) is 5.82 Å². The smallest absolute Gasteiger partial charge is 0.374 e. The Morgan fingerprint density at radius 1 is 1.28 bits per heavy atom. The number of esters is 1. The zero-order chi connectivity index (χ0) is 17.4. The van der Waals surface area contributed by atoms with Gasteiger partial charge in [-0.2, -0.15) is 0 Å². The fourth-order valence-electron chi connectivity index (χ4n) is 2.50. The molecule has 1 aromatic carbocycles. The van der Waals surface area contributed by atoms with Crippen molar-refractivity contribution >= 4 is 38.9 Å². The van der Waals surface area contributed by atoms with E-state index < -0.39 is 5.97 Å². The number of carbonyl (C=O) groups is 1. The van der Waals surface area contributed by atoms with E-state index in [2.05, 4.69) is 19.9 Å². The van der Waals surface area contributed by atoms with Crippen LogP contribution in [0, 0.1) is 6.92 Å². The van der Waals surface area contributed by atoms with E-state index in [1.807, 2.05) is 36.0 Å². The number of benzene rings is 1. The maximum Gasteiger partial charge on any atom is 0.374 e. The van der Waals surface area contributed by atoms with E-state index in [1.165, 1.54) is 11.3 Å². The molecule has 0 unspecified atom stereocenters. The molecule has 4 aromatic rings. The van der Waals surface area contributed by atoms with Crippen LogP contribution in [0.1, 0.15) is 23.2 Å². The minimum absolute atomic E-state index is 0.184. The van der Waals surface area contributed by atoms with Crippen LogP contribution in [0.4, 0.5) is 0 Å². The first kappa shape index (κ1) is 15.9. The highest BCUT2D eigenvalue weighted by Crippen LogP contribution is 2.34. The summed E-state index contributed by atoms with van der Waals surface area (Å²) in [5.74, 6) is -0.286. The van der Waals surface area contributed by atoms with Crippen molar-refractivity contribution in [1.82, 2.24) is 19.9 Å². The van der Waals surface area contributed by atoms with Crippen molar-refractivity contribution in [1.29, 1.82) is 0 Å². The van der Waals surface area contributed by atoms with E-state index in [-0.39, 0.29) is 5.82 Å². The summed E-state index contributed by atoms with van der Waals surface area (Å²) in [5.41, 5.74) is 6.01. The first-order valence-corrected chi connectivity index (χ1v) is 9.45. The number of carbonyl (C=O) groups excluding carboxylic acids is 1. The summed E-state index contributed by atoms with van der Waals surface area (Å²) in [4.78, 5) is 28.5. The van der Waals surface area contributed by atoms with Gasteiger partial charge in [-0.1, -0.05) is 6.07 Å². The van der Waals surface area contributed by atoms with Gasteiger partial charge in [0.05, 0.1) is 28.0 Å². The van der Waals surface area contributed by atoms with Crippen LogP contribution < -0.4 is 0 Å². The Balaban J connectivity index is 1.87. The Kier molecular flexibility index (Phi) is 4.06. The van der Waals surface area contributed by atoms with Gasteiger partial charge in [-0.3, -0.25) is 0 Å². The number of rotatable bonds is 4. The molecule has 0 aliphatic carbocycles. The van der Waals surface area contributed by atoms with E-state index in [0.29, 0.717) is 12.3 Å². The summed E-state index contributed by atoms with van der Waals surface area (Å²) in [7, 11) is 0. The van der Waals surface area contributed by atoms with Crippen LogP contribution in [-0.4, -0.2) is 32.5 Å². The van der Waals surface area contributed by atoms with Gasteiger partial charge in [0.15, 0.2) is 0 Å². The molecule has 0 spiro atoms. The largest absolute Gasteiger partial charge is 0.460 e. The van der Waals surface area contributed by atoms with E-state index in [1.54, 1.807) is 18.3 Å². The van der Waals surface area contributed by atoms with Gasteiger partial charge in [0.1, 0.15) is 10.7 Å². The topological polar surface area (TPSA) is 80.8 Å². The van der Waals surface area contributed by atoms with Crippen LogP contribution in [0.3, 0.4) is 0 Å². The van der Waals surface area contributed by atoms with Gasteiger partial charge in [-0.15, -0.1) is 22.7 Å². The molecule has 0 aliphatic heterocycles. The third-order valence-corrected chi connectivity index (χ3v) is 5.38. The predicted molar refractivity (Wildman–Crippen MR) is 99.0 cm³/mol. The third kappa shape index (κ3) is 2.94. The summed E-state index contributed by atoms with van der Waals surface area (Å²) in [6.07, 6.45) is 0. The Hall–Kier alpha value is -2.58. The zero-order valence-corrected chi connectivity index (χ0v) is 15.2. The number of nitrogens with zero attached hydrogens (tertiary/aromatic N) is 3. The van der Waals surface area contributed by atoms with Crippen LogP contribution in [0.15, 0.2) is 29.1 Å². The molecule has 0 atom stereocenters. The van der Waals surface area contributed by atoms with Crippen molar-refractivity contribution < 1.29 is 9.53 Å². The Bertz CT molecular complexity index is 1060. The summed E-state index contributed by atoms with van der Waals surface area (Å²) < 4.78 is 6.14. The fraction of sp³-hybridized carbons (Fsp3) is 0.176. The number of ether oxygens (including phenoxy) is 1. The number of hydrogen-bond acceptors (Lipinski definition) is 7. The van der Waals surface area contributed by atoms with Crippen LogP contribution in [0.5, 0.6) is 0 Å². The maximum absolute atomic E-state index is 12.1. The number of aryl methyl sites for hydroxylation is 1. The monoisotopic (exact) mass is 370 g/mol. The highest BCUT2D eigenvalue weighted by Gasteiger charge is 2.21. The molecule has 0 aliphatic rings. The first-order valence-electron chi connectivity index (χ1n) is 7.69. The molecule has 0 amide bonds. The lowest BCUT2D eigenvalue weighted by Gasteiger charge is -2.00. The van der Waals surface area contributed by atoms with E-state index in [4.69, 9.17) is 4.74 Å². The van der Waals surface area contributed by atoms with Crippen molar-refractivity contribution in [3.63, 3.8) is 0 Å². The van der Waals surface area contributed by atoms with Crippen LogP contribution in [0.25, 0.3) is 32.2 Å². The third-order valence-electron chi connectivity index (χ3n) is 3.61. The fourth-order valence-corrected chi connectivity index (χ4v) is 4.02. The quantitative estimate of drug-likeness (QED) is 0.542. The summed E-state index contributed by atoms with van der Waals surface area (Å²) in [6.45, 7) is 4.00.